The zero-order valence-corrected chi connectivity index (χ0v) is 24.8. The number of ether oxygens (including phenoxy) is 2. The number of halogens is 2. The Kier molecular flexibility index (Phi) is 9.58. The second kappa shape index (κ2) is 13.9. The van der Waals surface area contributed by atoms with Gasteiger partial charge in [0.15, 0.2) is 5.69 Å². The van der Waals surface area contributed by atoms with Crippen molar-refractivity contribution in [2.75, 3.05) is 17.7 Å². The highest BCUT2D eigenvalue weighted by atomic mass is 19.3. The summed E-state index contributed by atoms with van der Waals surface area (Å²) in [6.45, 7) is 6.35. The van der Waals surface area contributed by atoms with Gasteiger partial charge in [0.2, 0.25) is 11.8 Å². The maximum absolute atomic E-state index is 14.1. The number of carbonyl (C=O) groups excluding carboxylic acids is 2. The molecule has 1 aliphatic rings. The summed E-state index contributed by atoms with van der Waals surface area (Å²) < 4.78 is 37.4. The van der Waals surface area contributed by atoms with Crippen LogP contribution in [0.4, 0.5) is 25.8 Å². The number of nitrogens with one attached hydrogen (secondary N) is 2. The van der Waals surface area contributed by atoms with E-state index in [0.29, 0.717) is 40.5 Å². The molecule has 0 aliphatic carbocycles. The van der Waals surface area contributed by atoms with Gasteiger partial charge in [-0.1, -0.05) is 55.5 Å². The molecule has 2 amide bonds. The first-order valence-electron chi connectivity index (χ1n) is 14.4. The maximum Gasteiger partial charge on any atom is 0.387 e. The first-order valence-corrected chi connectivity index (χ1v) is 14.4. The van der Waals surface area contributed by atoms with Gasteiger partial charge in [-0.05, 0) is 65.1 Å². The van der Waals surface area contributed by atoms with Gasteiger partial charge in [-0.15, -0.1) is 0 Å². The molecule has 45 heavy (non-hydrogen) atoms. The molecular formula is C35H32F2N4O4. The molecule has 2 atom stereocenters. The molecule has 5 rings (SSSR count). The average Bonchev–Trinajstić information content (AvgIpc) is 3.03. The highest BCUT2D eigenvalue weighted by Crippen LogP contribution is 2.35. The molecule has 4 bridgehead atoms. The van der Waals surface area contributed by atoms with Crippen LogP contribution < -0.4 is 20.1 Å². The minimum atomic E-state index is -3.06. The fourth-order valence-electron chi connectivity index (χ4n) is 5.23. The van der Waals surface area contributed by atoms with Crippen molar-refractivity contribution >= 4 is 28.9 Å². The van der Waals surface area contributed by atoms with E-state index < -0.39 is 12.7 Å². The number of rotatable bonds is 7. The monoisotopic (exact) mass is 610 g/mol. The third-order valence-corrected chi connectivity index (χ3v) is 7.53. The summed E-state index contributed by atoms with van der Waals surface area (Å²) in [7, 11) is 1.57. The van der Waals surface area contributed by atoms with Crippen LogP contribution in [-0.4, -0.2) is 30.4 Å². The van der Waals surface area contributed by atoms with Crippen LogP contribution in [0.25, 0.3) is 4.85 Å². The van der Waals surface area contributed by atoms with E-state index >= 15 is 0 Å². The topological polar surface area (TPSA) is 84.3 Å². The summed E-state index contributed by atoms with van der Waals surface area (Å²) in [5, 5.41) is 6.14. The number of amides is 2. The summed E-state index contributed by atoms with van der Waals surface area (Å²) in [6, 6.07) is 25.4. The molecule has 0 saturated heterocycles. The van der Waals surface area contributed by atoms with Crippen molar-refractivity contribution in [3.8, 4) is 11.5 Å². The van der Waals surface area contributed by atoms with E-state index in [1.54, 1.807) is 43.4 Å². The Balaban J connectivity index is 1.57. The summed E-state index contributed by atoms with van der Waals surface area (Å²) in [4.78, 5) is 32.2. The van der Waals surface area contributed by atoms with E-state index in [2.05, 4.69) is 15.5 Å². The van der Waals surface area contributed by atoms with Crippen LogP contribution in [0.5, 0.6) is 11.5 Å². The normalized spacial score (nSPS) is 16.8. The van der Waals surface area contributed by atoms with Crippen LogP contribution in [0, 0.1) is 6.57 Å². The van der Waals surface area contributed by atoms with E-state index in [0.717, 1.165) is 11.1 Å². The van der Waals surface area contributed by atoms with Crippen LogP contribution in [-0.2, 0) is 22.7 Å². The molecule has 2 N–H and O–H groups in total. The number of likely N-dealkylation sites (N-methyl/N-ethyl adjacent to an activating group) is 1. The van der Waals surface area contributed by atoms with Crippen LogP contribution in [0.1, 0.15) is 47.6 Å². The number of benzene rings is 4. The molecule has 0 saturated carbocycles. The molecule has 1 heterocycles. The quantitative estimate of drug-likeness (QED) is 0.210. The lowest BCUT2D eigenvalue weighted by atomic mass is 9.92. The highest BCUT2D eigenvalue weighted by Gasteiger charge is 2.28. The second-order valence-electron chi connectivity index (χ2n) is 10.9. The molecule has 4 aromatic rings. The summed E-state index contributed by atoms with van der Waals surface area (Å²) in [5.74, 6) is -0.427. The average molecular weight is 611 g/mol. The van der Waals surface area contributed by atoms with E-state index in [1.807, 2.05) is 43.3 Å². The first-order chi connectivity index (χ1) is 21.7. The van der Waals surface area contributed by atoms with Crippen molar-refractivity contribution in [2.45, 2.75) is 45.1 Å². The number of hydrogen-bond acceptors (Lipinski definition) is 5. The number of anilines is 2. The Morgan fingerprint density at radius 2 is 1.73 bits per heavy atom. The number of carbonyl (C=O) groups is 2. The predicted molar refractivity (Wildman–Crippen MR) is 167 cm³/mol. The van der Waals surface area contributed by atoms with Crippen molar-refractivity contribution in [3.05, 3.63) is 125 Å². The Morgan fingerprint density at radius 1 is 1.00 bits per heavy atom. The molecule has 0 spiro atoms. The van der Waals surface area contributed by atoms with Crippen LogP contribution in [0.15, 0.2) is 91.0 Å². The largest absolute Gasteiger partial charge is 0.489 e. The molecule has 230 valence electrons. The zero-order chi connectivity index (χ0) is 31.9. The van der Waals surface area contributed by atoms with E-state index in [9.17, 15) is 18.4 Å². The van der Waals surface area contributed by atoms with Crippen molar-refractivity contribution < 1.29 is 27.8 Å². The van der Waals surface area contributed by atoms with Crippen molar-refractivity contribution in [1.82, 2.24) is 4.90 Å². The Labute approximate surface area is 260 Å². The third kappa shape index (κ3) is 7.75. The van der Waals surface area contributed by atoms with Gasteiger partial charge in [0.05, 0.1) is 6.57 Å². The second-order valence-corrected chi connectivity index (χ2v) is 10.9. The van der Waals surface area contributed by atoms with Gasteiger partial charge in [-0.25, -0.2) is 4.85 Å². The third-order valence-electron chi connectivity index (χ3n) is 7.53. The fraction of sp³-hybridized carbons (Fsp3) is 0.229. The Morgan fingerprint density at radius 3 is 2.44 bits per heavy atom. The van der Waals surface area contributed by atoms with Crippen molar-refractivity contribution in [1.29, 1.82) is 0 Å². The lowest BCUT2D eigenvalue weighted by Gasteiger charge is -2.28. The molecule has 0 aromatic heterocycles. The number of alkyl halides is 2. The van der Waals surface area contributed by atoms with Crippen molar-refractivity contribution in [3.63, 3.8) is 0 Å². The van der Waals surface area contributed by atoms with Crippen LogP contribution >= 0.6 is 0 Å². The molecule has 0 radical (unpaired) electrons. The lowest BCUT2D eigenvalue weighted by Crippen LogP contribution is -2.35. The molecule has 10 heteroatoms. The maximum atomic E-state index is 14.1. The number of nitrogens with zero attached hydrogens (tertiary/aromatic N) is 2. The summed E-state index contributed by atoms with van der Waals surface area (Å²) in [5.41, 5.74) is 4.11. The fourth-order valence-corrected chi connectivity index (χ4v) is 5.23. The summed E-state index contributed by atoms with van der Waals surface area (Å²) in [6.07, 6.45) is 0.0970. The van der Waals surface area contributed by atoms with E-state index in [4.69, 9.17) is 16.0 Å². The first kappa shape index (κ1) is 31.0. The highest BCUT2D eigenvalue weighted by molar-refractivity contribution is 5.92. The van der Waals surface area contributed by atoms with Gasteiger partial charge < -0.3 is 25.0 Å². The Bertz CT molecular complexity index is 1710. The van der Waals surface area contributed by atoms with Gasteiger partial charge >= 0.3 is 6.61 Å². The zero-order valence-electron chi connectivity index (χ0n) is 24.8. The van der Waals surface area contributed by atoms with Gasteiger partial charge in [0.1, 0.15) is 24.1 Å². The van der Waals surface area contributed by atoms with Crippen molar-refractivity contribution in [2.24, 2.45) is 0 Å². The van der Waals surface area contributed by atoms with Crippen LogP contribution in [0.3, 0.4) is 0 Å². The predicted octanol–water partition coefficient (Wildman–Crippen LogP) is 7.68. The molecule has 1 unspecified atom stereocenters. The molecular weight excluding hydrogens is 578 g/mol. The van der Waals surface area contributed by atoms with Gasteiger partial charge in [0.25, 0.3) is 0 Å². The number of hydrogen-bond donors (Lipinski definition) is 2. The van der Waals surface area contributed by atoms with E-state index in [-0.39, 0.29) is 36.4 Å². The van der Waals surface area contributed by atoms with Gasteiger partial charge in [-0.2, -0.15) is 8.78 Å². The molecule has 1 aliphatic heterocycles. The number of fused-ring (bicyclic) bond motifs is 4. The SMILES string of the molecule is [C-]#[N+]c1ccc(NC2C(=O)N(C)Cc3cc(ccc3OC(F)F)NC(=O)C[C@@H](C)c3cc2ccc3OCc2ccccc2)cc1. The summed E-state index contributed by atoms with van der Waals surface area (Å²) >= 11 is 0. The van der Waals surface area contributed by atoms with Crippen LogP contribution in [0.2, 0.25) is 0 Å². The minimum Gasteiger partial charge on any atom is -0.489 e. The van der Waals surface area contributed by atoms with Gasteiger partial charge in [-0.3, -0.25) is 9.59 Å². The molecule has 4 aromatic carbocycles. The standard InChI is InChI=1S/C35H32F2N4O4/c1-22-17-32(42)39-28-14-16-30(45-35(36)37)25(18-28)20-41(3)34(43)33(40-27-12-10-26(38-2)11-13-27)24-9-15-31(29(22)19-24)44-21-23-7-5-4-6-8-23/h4-16,18-19,22,33,35,40H,17,20-21H2,1,3H3,(H,39,42)/t22-,33?/m1/s1. The smallest absolute Gasteiger partial charge is 0.387 e. The minimum absolute atomic E-state index is 0.0685. The molecule has 8 nitrogen and oxygen atoms in total. The van der Waals surface area contributed by atoms with Gasteiger partial charge in [0, 0.05) is 37.0 Å². The Hall–Kier alpha value is -5.43. The van der Waals surface area contributed by atoms with E-state index in [1.165, 1.54) is 23.1 Å². The lowest BCUT2D eigenvalue weighted by molar-refractivity contribution is -0.131. The molecule has 0 fully saturated rings.